The zero-order chi connectivity index (χ0) is 27.6. The summed E-state index contributed by atoms with van der Waals surface area (Å²) in [5, 5.41) is 6.48. The second-order valence-corrected chi connectivity index (χ2v) is 10.7. The molecule has 0 atom stereocenters. The number of hydrogen-bond acceptors (Lipinski definition) is 2. The Morgan fingerprint density at radius 2 is 1.12 bits per heavy atom. The molecule has 0 saturated carbocycles. The molecule has 0 saturated heterocycles. The molecule has 6 rings (SSSR count). The van der Waals surface area contributed by atoms with Crippen molar-refractivity contribution in [2.24, 2.45) is 0 Å². The quantitative estimate of drug-likeness (QED) is 0.238. The fraction of sp³-hybridized carbons (Fsp3) is 0.263. The fourth-order valence-electron chi connectivity index (χ4n) is 6.10. The lowest BCUT2D eigenvalue weighted by atomic mass is 9.84. The van der Waals surface area contributed by atoms with Gasteiger partial charge in [0.1, 0.15) is 0 Å². The third-order valence-corrected chi connectivity index (χ3v) is 8.13. The van der Waals surface area contributed by atoms with Gasteiger partial charge in [-0.1, -0.05) is 115 Å². The Hall–Kier alpha value is -3.72. The Balaban J connectivity index is 0.000000161. The van der Waals surface area contributed by atoms with Gasteiger partial charge < -0.3 is 10.6 Å². The lowest BCUT2D eigenvalue weighted by molar-refractivity contribution is 0.628. The summed E-state index contributed by atoms with van der Waals surface area (Å²) in [5.41, 5.74) is 12.8. The molecule has 0 unspecified atom stereocenters. The minimum atomic E-state index is 0.505. The first-order valence-electron chi connectivity index (χ1n) is 14.8. The molecule has 2 heteroatoms. The van der Waals surface area contributed by atoms with Crippen LogP contribution in [0.15, 0.2) is 103 Å². The Morgan fingerprint density at radius 1 is 0.625 bits per heavy atom. The van der Waals surface area contributed by atoms with Crippen LogP contribution in [0.2, 0.25) is 0 Å². The highest BCUT2D eigenvalue weighted by Crippen LogP contribution is 2.37. The van der Waals surface area contributed by atoms with Crippen molar-refractivity contribution >= 4 is 17.7 Å². The normalized spacial score (nSPS) is 13.5. The highest BCUT2D eigenvalue weighted by atomic mass is 14.8. The van der Waals surface area contributed by atoms with Crippen LogP contribution in [-0.4, -0.2) is 27.2 Å². The number of nitrogens with one attached hydrogen (secondary N) is 2. The van der Waals surface area contributed by atoms with Crippen molar-refractivity contribution in [3.8, 4) is 0 Å². The molecule has 204 valence electrons. The highest BCUT2D eigenvalue weighted by molar-refractivity contribution is 5.84. The minimum Gasteiger partial charge on any atom is -0.320 e. The first-order valence-corrected chi connectivity index (χ1v) is 14.8. The van der Waals surface area contributed by atoms with Gasteiger partial charge in [0.15, 0.2) is 0 Å². The molecular formula is C38H42N2. The molecule has 0 radical (unpaired) electrons. The molecule has 2 nitrogen and oxygen atoms in total. The lowest BCUT2D eigenvalue weighted by Gasteiger charge is -2.20. The molecule has 4 aromatic carbocycles. The summed E-state index contributed by atoms with van der Waals surface area (Å²) < 4.78 is 0. The van der Waals surface area contributed by atoms with Crippen molar-refractivity contribution in [2.75, 3.05) is 27.2 Å². The van der Waals surface area contributed by atoms with Crippen molar-refractivity contribution in [2.45, 2.75) is 38.0 Å². The number of hydrogen-bond donors (Lipinski definition) is 2. The van der Waals surface area contributed by atoms with Crippen molar-refractivity contribution in [3.63, 3.8) is 0 Å². The smallest absolute Gasteiger partial charge is 0.0102 e. The Bertz CT molecular complexity index is 1360. The van der Waals surface area contributed by atoms with Gasteiger partial charge in [0.05, 0.1) is 0 Å². The molecule has 2 aliphatic carbocycles. The largest absolute Gasteiger partial charge is 0.320 e. The molecule has 0 fully saturated rings. The average molecular weight is 527 g/mol. The third kappa shape index (κ3) is 6.53. The zero-order valence-corrected chi connectivity index (χ0v) is 24.0. The standard InChI is InChI=1S/2C19H21N/c2*1-20-14-6-11-19-17-9-4-2-7-15(17)12-13-16-8-3-5-10-18(16)19/h2-5,7-10,12-13,19-20H,6,11,14H2,1H3;2-5,7-11,20H,6,12-14H2,1H3. The van der Waals surface area contributed by atoms with Crippen LogP contribution < -0.4 is 10.6 Å². The predicted molar refractivity (Wildman–Crippen MR) is 173 cm³/mol. The van der Waals surface area contributed by atoms with Crippen LogP contribution in [0.25, 0.3) is 17.7 Å². The van der Waals surface area contributed by atoms with Gasteiger partial charge in [0.2, 0.25) is 0 Å². The van der Waals surface area contributed by atoms with E-state index in [2.05, 4.69) is 126 Å². The summed E-state index contributed by atoms with van der Waals surface area (Å²) in [5.74, 6) is 0.505. The summed E-state index contributed by atoms with van der Waals surface area (Å²) in [6.07, 6.45) is 12.6. The topological polar surface area (TPSA) is 24.1 Å². The van der Waals surface area contributed by atoms with E-state index in [0.29, 0.717) is 5.92 Å². The summed E-state index contributed by atoms with van der Waals surface area (Å²) in [4.78, 5) is 0. The molecule has 2 N–H and O–H groups in total. The van der Waals surface area contributed by atoms with Gasteiger partial charge in [-0.2, -0.15) is 0 Å². The predicted octanol–water partition coefficient (Wildman–Crippen LogP) is 8.13. The number of fused-ring (bicyclic) bond motifs is 4. The number of rotatable bonds is 7. The van der Waals surface area contributed by atoms with Gasteiger partial charge >= 0.3 is 0 Å². The van der Waals surface area contributed by atoms with Gasteiger partial charge in [-0.25, -0.2) is 0 Å². The highest BCUT2D eigenvalue weighted by Gasteiger charge is 2.20. The number of aryl methyl sites for hydroxylation is 2. The molecule has 0 amide bonds. The SMILES string of the molecule is CNCCC=C1c2ccccc2CCc2ccccc21.CNCCCC1c2ccccc2C=Cc2ccccc21. The Kier molecular flexibility index (Phi) is 9.79. The third-order valence-electron chi connectivity index (χ3n) is 8.13. The van der Waals surface area contributed by atoms with E-state index in [1.54, 1.807) is 0 Å². The molecule has 0 bridgehead atoms. The fourth-order valence-corrected chi connectivity index (χ4v) is 6.10. The van der Waals surface area contributed by atoms with Gasteiger partial charge in [-0.3, -0.25) is 0 Å². The van der Waals surface area contributed by atoms with E-state index in [1.165, 1.54) is 62.9 Å². The monoisotopic (exact) mass is 526 g/mol. The van der Waals surface area contributed by atoms with Crippen LogP contribution in [0.4, 0.5) is 0 Å². The Labute approximate surface area is 240 Å². The molecule has 4 aromatic rings. The maximum Gasteiger partial charge on any atom is 0.0102 e. The van der Waals surface area contributed by atoms with E-state index in [4.69, 9.17) is 0 Å². The van der Waals surface area contributed by atoms with E-state index in [0.717, 1.165) is 32.4 Å². The van der Waals surface area contributed by atoms with Crippen LogP contribution in [0.5, 0.6) is 0 Å². The molecule has 0 aromatic heterocycles. The van der Waals surface area contributed by atoms with Crippen LogP contribution >= 0.6 is 0 Å². The first kappa shape index (κ1) is 27.8. The minimum absolute atomic E-state index is 0.505. The van der Waals surface area contributed by atoms with E-state index >= 15 is 0 Å². The van der Waals surface area contributed by atoms with Gasteiger partial charge in [-0.05, 0) is 109 Å². The number of benzene rings is 4. The molecule has 0 heterocycles. The van der Waals surface area contributed by atoms with Crippen LogP contribution in [0.3, 0.4) is 0 Å². The van der Waals surface area contributed by atoms with Crippen LogP contribution in [0, 0.1) is 0 Å². The maximum absolute atomic E-state index is 3.26. The summed E-state index contributed by atoms with van der Waals surface area (Å²) in [6.45, 7) is 2.10. The van der Waals surface area contributed by atoms with E-state index in [9.17, 15) is 0 Å². The van der Waals surface area contributed by atoms with Gasteiger partial charge in [0.25, 0.3) is 0 Å². The maximum atomic E-state index is 3.26. The average Bonchev–Trinajstić information content (AvgIpc) is 3.27. The van der Waals surface area contributed by atoms with Crippen molar-refractivity contribution in [3.05, 3.63) is 148 Å². The van der Waals surface area contributed by atoms with Gasteiger partial charge in [-0.15, -0.1) is 0 Å². The molecule has 2 aliphatic rings. The van der Waals surface area contributed by atoms with Crippen LogP contribution in [0.1, 0.15) is 69.7 Å². The molecular weight excluding hydrogens is 484 g/mol. The van der Waals surface area contributed by atoms with E-state index in [-0.39, 0.29) is 0 Å². The Morgan fingerprint density at radius 3 is 1.68 bits per heavy atom. The lowest BCUT2D eigenvalue weighted by Crippen LogP contribution is -2.11. The first-order chi connectivity index (χ1) is 19.8. The van der Waals surface area contributed by atoms with Crippen molar-refractivity contribution in [1.82, 2.24) is 10.6 Å². The zero-order valence-electron chi connectivity index (χ0n) is 24.0. The van der Waals surface area contributed by atoms with Crippen molar-refractivity contribution in [1.29, 1.82) is 0 Å². The van der Waals surface area contributed by atoms with Crippen LogP contribution in [-0.2, 0) is 12.8 Å². The van der Waals surface area contributed by atoms with Crippen molar-refractivity contribution < 1.29 is 0 Å². The van der Waals surface area contributed by atoms with E-state index in [1.807, 2.05) is 14.1 Å². The summed E-state index contributed by atoms with van der Waals surface area (Å²) >= 11 is 0. The molecule has 0 spiro atoms. The second-order valence-electron chi connectivity index (χ2n) is 10.7. The summed E-state index contributed by atoms with van der Waals surface area (Å²) in [7, 11) is 4.03. The molecule has 40 heavy (non-hydrogen) atoms. The summed E-state index contributed by atoms with van der Waals surface area (Å²) in [6, 6.07) is 35.3. The van der Waals surface area contributed by atoms with E-state index < -0.39 is 0 Å². The molecule has 0 aliphatic heterocycles. The van der Waals surface area contributed by atoms with Gasteiger partial charge in [0, 0.05) is 5.92 Å². The second kappa shape index (κ2) is 14.1.